The van der Waals surface area contributed by atoms with Gasteiger partial charge in [-0.15, -0.1) is 0 Å². The van der Waals surface area contributed by atoms with Crippen molar-refractivity contribution in [3.05, 3.63) is 23.3 Å². The fraction of sp³-hybridized carbons (Fsp3) is 0.400. The van der Waals surface area contributed by atoms with Gasteiger partial charge in [0.25, 0.3) is 0 Å². The van der Waals surface area contributed by atoms with Crippen LogP contribution in [0.25, 0.3) is 0 Å². The van der Waals surface area contributed by atoms with E-state index < -0.39 is 0 Å². The number of hydrogen-bond acceptors (Lipinski definition) is 0. The normalized spacial score (nSPS) is 9.80. The molecule has 0 bridgehead atoms. The molecule has 0 aliphatic rings. The molecule has 0 aromatic heterocycles. The van der Waals surface area contributed by atoms with Crippen molar-refractivity contribution >= 4 is 0 Å². The minimum absolute atomic E-state index is 1.12. The van der Waals surface area contributed by atoms with E-state index in [0.717, 1.165) is 5.57 Å². The van der Waals surface area contributed by atoms with Crippen LogP contribution >= 0.6 is 0 Å². The molecule has 0 heterocycles. The second kappa shape index (κ2) is 4.88. The molecule has 0 spiro atoms. The largest absolute Gasteiger partial charge is 0.0763 e. The van der Waals surface area contributed by atoms with E-state index in [4.69, 9.17) is 0 Å². The Hall–Kier alpha value is -0.960. The van der Waals surface area contributed by atoms with Gasteiger partial charge < -0.3 is 0 Å². The van der Waals surface area contributed by atoms with Crippen molar-refractivity contribution in [3.63, 3.8) is 0 Å². The lowest BCUT2D eigenvalue weighted by molar-refractivity contribution is 1.40. The van der Waals surface area contributed by atoms with Gasteiger partial charge in [0.05, 0.1) is 0 Å². The van der Waals surface area contributed by atoms with Crippen LogP contribution < -0.4 is 0 Å². The van der Waals surface area contributed by atoms with Crippen molar-refractivity contribution in [1.29, 1.82) is 0 Å². The van der Waals surface area contributed by atoms with E-state index in [0.29, 0.717) is 0 Å². The number of allylic oxidation sites excluding steroid dienone is 4. The predicted octanol–water partition coefficient (Wildman–Crippen LogP) is 2.92. The first-order valence-electron chi connectivity index (χ1n) is 3.44. The minimum Gasteiger partial charge on any atom is -0.0763 e. The zero-order chi connectivity index (χ0) is 7.98. The Morgan fingerprint density at radius 2 is 1.80 bits per heavy atom. The highest BCUT2D eigenvalue weighted by Gasteiger charge is 1.72. The fourth-order valence-electron chi connectivity index (χ4n) is 0.366. The van der Waals surface area contributed by atoms with Crippen molar-refractivity contribution in [1.82, 2.24) is 0 Å². The van der Waals surface area contributed by atoms with Gasteiger partial charge in [0.2, 0.25) is 0 Å². The zero-order valence-corrected chi connectivity index (χ0v) is 7.15. The summed E-state index contributed by atoms with van der Waals surface area (Å²) >= 11 is 0. The Morgan fingerprint density at radius 1 is 1.20 bits per heavy atom. The number of rotatable bonds is 0. The maximum Gasteiger partial charge on any atom is -0.00499 e. The second-order valence-corrected chi connectivity index (χ2v) is 2.46. The topological polar surface area (TPSA) is 0 Å². The molecule has 0 aliphatic carbocycles. The molecule has 0 radical (unpaired) electrons. The standard InChI is InChI=1S/C10H14/c1-5-10(4)8-6-7-9(2)3/h5,7H,1-4H3. The molecule has 0 aliphatic heterocycles. The molecule has 10 heavy (non-hydrogen) atoms. The summed E-state index contributed by atoms with van der Waals surface area (Å²) in [6.07, 6.45) is 3.93. The first kappa shape index (κ1) is 9.04. The minimum atomic E-state index is 1.12. The van der Waals surface area contributed by atoms with Gasteiger partial charge >= 0.3 is 0 Å². The molecule has 0 N–H and O–H groups in total. The molecule has 0 atom stereocenters. The third kappa shape index (κ3) is 5.18. The summed E-state index contributed by atoms with van der Waals surface area (Å²) < 4.78 is 0. The second-order valence-electron chi connectivity index (χ2n) is 2.46. The van der Waals surface area contributed by atoms with Crippen molar-refractivity contribution < 1.29 is 0 Å². The van der Waals surface area contributed by atoms with Crippen LogP contribution in [0.2, 0.25) is 0 Å². The molecule has 54 valence electrons. The fourth-order valence-corrected chi connectivity index (χ4v) is 0.366. The molecule has 0 saturated heterocycles. The first-order valence-corrected chi connectivity index (χ1v) is 3.44. The summed E-state index contributed by atoms with van der Waals surface area (Å²) in [4.78, 5) is 0. The van der Waals surface area contributed by atoms with E-state index >= 15 is 0 Å². The van der Waals surface area contributed by atoms with Crippen LogP contribution in [0.1, 0.15) is 27.7 Å². The molecule has 0 rings (SSSR count). The Balaban J connectivity index is 4.07. The molecule has 0 aromatic carbocycles. The van der Waals surface area contributed by atoms with Crippen LogP contribution in [0.4, 0.5) is 0 Å². The van der Waals surface area contributed by atoms with Crippen LogP contribution in [0.3, 0.4) is 0 Å². The van der Waals surface area contributed by atoms with Crippen LogP contribution in [0, 0.1) is 11.8 Å². The third-order valence-electron chi connectivity index (χ3n) is 1.06. The Kier molecular flexibility index (Phi) is 4.41. The lowest BCUT2D eigenvalue weighted by Crippen LogP contribution is -1.65. The van der Waals surface area contributed by atoms with Crippen LogP contribution in [-0.2, 0) is 0 Å². The molecule has 0 unspecified atom stereocenters. The Labute approximate surface area is 63.6 Å². The molecule has 0 saturated carbocycles. The Morgan fingerprint density at radius 3 is 2.20 bits per heavy atom. The van der Waals surface area contributed by atoms with E-state index in [-0.39, 0.29) is 0 Å². The van der Waals surface area contributed by atoms with E-state index in [2.05, 4.69) is 11.8 Å². The summed E-state index contributed by atoms with van der Waals surface area (Å²) in [5.41, 5.74) is 2.37. The highest BCUT2D eigenvalue weighted by atomic mass is 13.8. The average Bonchev–Trinajstić information content (AvgIpc) is 1.87. The molecule has 0 fully saturated rings. The van der Waals surface area contributed by atoms with Gasteiger partial charge in [-0.05, 0) is 39.3 Å². The number of hydrogen-bond donors (Lipinski definition) is 0. The van der Waals surface area contributed by atoms with Crippen LogP contribution in [0.5, 0.6) is 0 Å². The average molecular weight is 134 g/mol. The molecular formula is C10H14. The molecule has 0 heteroatoms. The molecule has 0 nitrogen and oxygen atoms in total. The monoisotopic (exact) mass is 134 g/mol. The maximum absolute atomic E-state index is 3.00. The lowest BCUT2D eigenvalue weighted by atomic mass is 10.3. The molecular weight excluding hydrogens is 120 g/mol. The van der Waals surface area contributed by atoms with Crippen LogP contribution in [-0.4, -0.2) is 0 Å². The summed E-state index contributed by atoms with van der Waals surface area (Å²) in [5, 5.41) is 0. The lowest BCUT2D eigenvalue weighted by Gasteiger charge is -1.80. The van der Waals surface area contributed by atoms with E-state index in [9.17, 15) is 0 Å². The van der Waals surface area contributed by atoms with Gasteiger partial charge in [-0.3, -0.25) is 0 Å². The predicted molar refractivity (Wildman–Crippen MR) is 46.6 cm³/mol. The van der Waals surface area contributed by atoms with Crippen molar-refractivity contribution in [2.24, 2.45) is 0 Å². The summed E-state index contributed by atoms with van der Waals surface area (Å²) in [7, 11) is 0. The smallest absolute Gasteiger partial charge is 0.00499 e. The third-order valence-corrected chi connectivity index (χ3v) is 1.06. The van der Waals surface area contributed by atoms with Gasteiger partial charge in [0.1, 0.15) is 0 Å². The van der Waals surface area contributed by atoms with E-state index in [1.165, 1.54) is 5.57 Å². The van der Waals surface area contributed by atoms with E-state index in [1.807, 2.05) is 39.8 Å². The summed E-state index contributed by atoms with van der Waals surface area (Å²) in [6.45, 7) is 8.08. The SMILES string of the molecule is CC=C(C)C#CC=C(C)C. The van der Waals surface area contributed by atoms with Gasteiger partial charge in [-0.2, -0.15) is 0 Å². The summed E-state index contributed by atoms with van der Waals surface area (Å²) in [6, 6.07) is 0. The van der Waals surface area contributed by atoms with Gasteiger partial charge in [0, 0.05) is 0 Å². The highest BCUT2D eigenvalue weighted by molar-refractivity contribution is 5.31. The van der Waals surface area contributed by atoms with Gasteiger partial charge in [-0.25, -0.2) is 0 Å². The van der Waals surface area contributed by atoms with Crippen molar-refractivity contribution in [3.8, 4) is 11.8 Å². The summed E-state index contributed by atoms with van der Waals surface area (Å²) in [5.74, 6) is 5.95. The Bertz CT molecular complexity index is 202. The highest BCUT2D eigenvalue weighted by Crippen LogP contribution is 1.89. The molecule has 0 amide bonds. The van der Waals surface area contributed by atoms with Crippen molar-refractivity contribution in [2.75, 3.05) is 0 Å². The van der Waals surface area contributed by atoms with Crippen LogP contribution in [0.15, 0.2) is 23.3 Å². The van der Waals surface area contributed by atoms with Gasteiger partial charge in [0.15, 0.2) is 0 Å². The van der Waals surface area contributed by atoms with E-state index in [1.54, 1.807) is 0 Å². The zero-order valence-electron chi connectivity index (χ0n) is 7.15. The van der Waals surface area contributed by atoms with Crippen molar-refractivity contribution in [2.45, 2.75) is 27.7 Å². The quantitative estimate of drug-likeness (QED) is 0.447. The maximum atomic E-state index is 3.00. The van der Waals surface area contributed by atoms with Gasteiger partial charge in [-0.1, -0.05) is 23.5 Å². The first-order chi connectivity index (χ1) is 4.66. The molecule has 0 aromatic rings.